The number of rotatable bonds is 2. The highest BCUT2D eigenvalue weighted by molar-refractivity contribution is 5.49. The average Bonchev–Trinajstić information content (AvgIpc) is 2.86. The van der Waals surface area contributed by atoms with Crippen LogP contribution < -0.4 is 0 Å². The van der Waals surface area contributed by atoms with Gasteiger partial charge < -0.3 is 0 Å². The molecule has 2 rings (SSSR count). The lowest BCUT2D eigenvalue weighted by molar-refractivity contribution is 1.13. The van der Waals surface area contributed by atoms with Gasteiger partial charge in [-0.3, -0.25) is 0 Å². The molecule has 0 spiro atoms. The smallest absolute Gasteiger partial charge is 0.0230 e. The Bertz CT molecular complexity index is 242. The van der Waals surface area contributed by atoms with Crippen molar-refractivity contribution in [3.8, 4) is 0 Å². The van der Waals surface area contributed by atoms with Crippen LogP contribution in [-0.2, 0) is 0 Å². The zero-order valence-corrected chi connectivity index (χ0v) is 6.53. The van der Waals surface area contributed by atoms with Gasteiger partial charge in [-0.15, -0.1) is 0 Å². The molecule has 0 nitrogen and oxygen atoms in total. The van der Waals surface area contributed by atoms with Gasteiger partial charge >= 0.3 is 0 Å². The fourth-order valence-corrected chi connectivity index (χ4v) is 1.10. The number of hydrogen-bond donors (Lipinski definition) is 0. The monoisotopic (exact) mass is 144 g/mol. The SMILES string of the molecule is C(=CC1CC1)c1ccccc1. The van der Waals surface area contributed by atoms with E-state index in [4.69, 9.17) is 0 Å². The molecule has 0 heteroatoms. The maximum absolute atomic E-state index is 2.31. The van der Waals surface area contributed by atoms with Gasteiger partial charge in [0.05, 0.1) is 0 Å². The fourth-order valence-electron chi connectivity index (χ4n) is 1.10. The van der Waals surface area contributed by atoms with E-state index in [1.54, 1.807) is 0 Å². The molecular weight excluding hydrogens is 132 g/mol. The van der Waals surface area contributed by atoms with Gasteiger partial charge in [-0.2, -0.15) is 0 Å². The van der Waals surface area contributed by atoms with Gasteiger partial charge in [0.25, 0.3) is 0 Å². The summed E-state index contributed by atoms with van der Waals surface area (Å²) in [7, 11) is 0. The molecule has 1 saturated carbocycles. The molecule has 1 fully saturated rings. The standard InChI is InChI=1S/C11H12/c1-2-4-10(5-3-1)6-7-11-8-9-11/h1-7,11H,8-9H2. The van der Waals surface area contributed by atoms with Crippen LogP contribution in [0.15, 0.2) is 36.4 Å². The summed E-state index contributed by atoms with van der Waals surface area (Å²) in [5.41, 5.74) is 1.32. The van der Waals surface area contributed by atoms with Crippen molar-refractivity contribution in [3.05, 3.63) is 42.0 Å². The van der Waals surface area contributed by atoms with Crippen molar-refractivity contribution in [1.82, 2.24) is 0 Å². The Balaban J connectivity index is 2.05. The second-order valence-corrected chi connectivity index (χ2v) is 3.11. The normalized spacial score (nSPS) is 17.5. The lowest BCUT2D eigenvalue weighted by atomic mass is 10.2. The van der Waals surface area contributed by atoms with Crippen LogP contribution >= 0.6 is 0 Å². The maximum Gasteiger partial charge on any atom is -0.0230 e. The molecule has 0 N–H and O–H groups in total. The van der Waals surface area contributed by atoms with E-state index in [-0.39, 0.29) is 0 Å². The van der Waals surface area contributed by atoms with Gasteiger partial charge in [-0.1, -0.05) is 42.5 Å². The molecule has 1 aromatic rings. The molecule has 0 atom stereocenters. The summed E-state index contributed by atoms with van der Waals surface area (Å²) < 4.78 is 0. The maximum atomic E-state index is 2.31. The topological polar surface area (TPSA) is 0 Å². The summed E-state index contributed by atoms with van der Waals surface area (Å²) >= 11 is 0. The third kappa shape index (κ3) is 1.94. The average molecular weight is 144 g/mol. The number of allylic oxidation sites excluding steroid dienone is 1. The molecule has 0 bridgehead atoms. The highest BCUT2D eigenvalue weighted by Gasteiger charge is 2.16. The Hall–Kier alpha value is -1.04. The van der Waals surface area contributed by atoms with Crippen LogP contribution in [0.2, 0.25) is 0 Å². The van der Waals surface area contributed by atoms with Crippen molar-refractivity contribution in [2.24, 2.45) is 5.92 Å². The first-order valence-electron chi connectivity index (χ1n) is 4.18. The minimum absolute atomic E-state index is 0.884. The molecule has 0 aromatic heterocycles. The van der Waals surface area contributed by atoms with Crippen LogP contribution in [0.1, 0.15) is 18.4 Å². The zero-order chi connectivity index (χ0) is 7.52. The Morgan fingerprint density at radius 3 is 2.45 bits per heavy atom. The van der Waals surface area contributed by atoms with E-state index in [9.17, 15) is 0 Å². The van der Waals surface area contributed by atoms with Gasteiger partial charge in [0.15, 0.2) is 0 Å². The Kier molecular flexibility index (Phi) is 1.76. The van der Waals surface area contributed by atoms with E-state index in [0.29, 0.717) is 0 Å². The van der Waals surface area contributed by atoms with Crippen LogP contribution in [0, 0.1) is 5.92 Å². The molecule has 0 saturated heterocycles. The van der Waals surface area contributed by atoms with Crippen LogP contribution in [0.5, 0.6) is 0 Å². The summed E-state index contributed by atoms with van der Waals surface area (Å²) in [4.78, 5) is 0. The van der Waals surface area contributed by atoms with Gasteiger partial charge in [0, 0.05) is 0 Å². The van der Waals surface area contributed by atoms with Crippen molar-refractivity contribution >= 4 is 6.08 Å². The second-order valence-electron chi connectivity index (χ2n) is 3.11. The first-order chi connectivity index (χ1) is 5.45. The van der Waals surface area contributed by atoms with Gasteiger partial charge in [0.2, 0.25) is 0 Å². The Morgan fingerprint density at radius 2 is 1.82 bits per heavy atom. The predicted molar refractivity (Wildman–Crippen MR) is 48.2 cm³/mol. The quantitative estimate of drug-likeness (QED) is 0.598. The molecule has 11 heavy (non-hydrogen) atoms. The van der Waals surface area contributed by atoms with E-state index < -0.39 is 0 Å². The molecule has 1 aliphatic rings. The van der Waals surface area contributed by atoms with Crippen LogP contribution in [-0.4, -0.2) is 0 Å². The molecule has 0 heterocycles. The Labute approximate surface area is 67.6 Å². The minimum Gasteiger partial charge on any atom is -0.0808 e. The van der Waals surface area contributed by atoms with Gasteiger partial charge in [-0.25, -0.2) is 0 Å². The van der Waals surface area contributed by atoms with E-state index in [2.05, 4.69) is 42.5 Å². The van der Waals surface area contributed by atoms with Gasteiger partial charge in [0.1, 0.15) is 0 Å². The first kappa shape index (κ1) is 6.66. The highest BCUT2D eigenvalue weighted by atomic mass is 14.2. The number of benzene rings is 1. The van der Waals surface area contributed by atoms with Crippen molar-refractivity contribution in [2.45, 2.75) is 12.8 Å². The largest absolute Gasteiger partial charge is 0.0808 e. The zero-order valence-electron chi connectivity index (χ0n) is 6.53. The number of hydrogen-bond acceptors (Lipinski definition) is 0. The molecule has 0 aliphatic heterocycles. The highest BCUT2D eigenvalue weighted by Crippen LogP contribution is 2.30. The van der Waals surface area contributed by atoms with Crippen molar-refractivity contribution < 1.29 is 0 Å². The molecule has 1 aliphatic carbocycles. The van der Waals surface area contributed by atoms with Crippen LogP contribution in [0.25, 0.3) is 6.08 Å². The molecule has 56 valence electrons. The summed E-state index contributed by atoms with van der Waals surface area (Å²) in [5, 5.41) is 0. The lowest BCUT2D eigenvalue weighted by Gasteiger charge is -1.89. The Morgan fingerprint density at radius 1 is 1.09 bits per heavy atom. The van der Waals surface area contributed by atoms with E-state index in [1.165, 1.54) is 18.4 Å². The van der Waals surface area contributed by atoms with Crippen molar-refractivity contribution in [1.29, 1.82) is 0 Å². The fraction of sp³-hybridized carbons (Fsp3) is 0.273. The third-order valence-electron chi connectivity index (χ3n) is 1.98. The second kappa shape index (κ2) is 2.91. The van der Waals surface area contributed by atoms with Crippen molar-refractivity contribution in [3.63, 3.8) is 0 Å². The van der Waals surface area contributed by atoms with E-state index >= 15 is 0 Å². The summed E-state index contributed by atoms with van der Waals surface area (Å²) in [6, 6.07) is 10.5. The third-order valence-corrected chi connectivity index (χ3v) is 1.98. The van der Waals surface area contributed by atoms with E-state index in [1.807, 2.05) is 0 Å². The lowest BCUT2D eigenvalue weighted by Crippen LogP contribution is -1.68. The predicted octanol–water partition coefficient (Wildman–Crippen LogP) is 3.11. The molecule has 1 aromatic carbocycles. The minimum atomic E-state index is 0.884. The summed E-state index contributed by atoms with van der Waals surface area (Å²) in [6.45, 7) is 0. The van der Waals surface area contributed by atoms with Crippen molar-refractivity contribution in [2.75, 3.05) is 0 Å². The summed E-state index contributed by atoms with van der Waals surface area (Å²) in [5.74, 6) is 0.884. The first-order valence-corrected chi connectivity index (χ1v) is 4.18. The molecule has 0 amide bonds. The summed E-state index contributed by atoms with van der Waals surface area (Å²) in [6.07, 6.45) is 7.32. The van der Waals surface area contributed by atoms with Crippen LogP contribution in [0.3, 0.4) is 0 Å². The molecule has 0 radical (unpaired) electrons. The van der Waals surface area contributed by atoms with Gasteiger partial charge in [-0.05, 0) is 24.3 Å². The molecule has 0 unspecified atom stereocenters. The van der Waals surface area contributed by atoms with Crippen LogP contribution in [0.4, 0.5) is 0 Å². The molecular formula is C11H12. The van der Waals surface area contributed by atoms with E-state index in [0.717, 1.165) is 5.92 Å².